The van der Waals surface area contributed by atoms with Crippen LogP contribution in [0.25, 0.3) is 10.9 Å². The summed E-state index contributed by atoms with van der Waals surface area (Å²) in [6.07, 6.45) is 0. The number of sulfonamides is 1. The molecular formula is C27H26ClFN6O4S. The van der Waals surface area contributed by atoms with Crippen molar-refractivity contribution >= 4 is 50.1 Å². The van der Waals surface area contributed by atoms with Gasteiger partial charge in [0.05, 0.1) is 22.6 Å². The van der Waals surface area contributed by atoms with Crippen LogP contribution in [0.3, 0.4) is 0 Å². The Morgan fingerprint density at radius 2 is 1.82 bits per heavy atom. The van der Waals surface area contributed by atoms with E-state index in [0.29, 0.717) is 35.5 Å². The molecule has 0 saturated heterocycles. The van der Waals surface area contributed by atoms with E-state index < -0.39 is 27.0 Å². The van der Waals surface area contributed by atoms with Crippen molar-refractivity contribution in [1.29, 1.82) is 0 Å². The van der Waals surface area contributed by atoms with E-state index in [1.54, 1.807) is 26.1 Å². The molecule has 4 aromatic rings. The summed E-state index contributed by atoms with van der Waals surface area (Å²) in [7, 11) is -2.66. The average Bonchev–Trinajstić information content (AvgIpc) is 3.29. The number of halogens is 2. The molecule has 208 valence electrons. The van der Waals surface area contributed by atoms with Crippen molar-refractivity contribution in [3.05, 3.63) is 86.0 Å². The fraction of sp³-hybridized carbons (Fsp3) is 0.259. The second-order valence-electron chi connectivity index (χ2n) is 9.81. The maximum atomic E-state index is 13.8. The fourth-order valence-electron chi connectivity index (χ4n) is 4.94. The molecule has 2 aromatic heterocycles. The Balaban J connectivity index is 1.59. The minimum absolute atomic E-state index is 0.0653. The number of pyridine rings is 1. The van der Waals surface area contributed by atoms with E-state index in [4.69, 9.17) is 16.6 Å². The van der Waals surface area contributed by atoms with Crippen molar-refractivity contribution in [2.24, 2.45) is 7.05 Å². The van der Waals surface area contributed by atoms with Crippen LogP contribution >= 0.6 is 11.6 Å². The number of amides is 1. The highest BCUT2D eigenvalue weighted by molar-refractivity contribution is 7.90. The molecule has 1 atom stereocenters. The van der Waals surface area contributed by atoms with Crippen LogP contribution in [0.1, 0.15) is 42.1 Å². The zero-order valence-electron chi connectivity index (χ0n) is 22.1. The number of hydrogen-bond acceptors (Lipinski definition) is 8. The van der Waals surface area contributed by atoms with E-state index in [-0.39, 0.29) is 22.2 Å². The van der Waals surface area contributed by atoms with Gasteiger partial charge >= 0.3 is 0 Å². The molecule has 3 heterocycles. The van der Waals surface area contributed by atoms with Gasteiger partial charge in [-0.1, -0.05) is 23.7 Å². The third-order valence-corrected chi connectivity index (χ3v) is 8.29. The van der Waals surface area contributed by atoms with Crippen LogP contribution in [0.15, 0.2) is 52.3 Å². The number of nitrogens with one attached hydrogen (secondary N) is 2. The van der Waals surface area contributed by atoms with E-state index in [9.17, 15) is 22.4 Å². The lowest BCUT2D eigenvalue weighted by atomic mass is 10.0. The lowest BCUT2D eigenvalue weighted by Crippen LogP contribution is -2.30. The molecule has 0 radical (unpaired) electrons. The average molecular weight is 585 g/mol. The lowest BCUT2D eigenvalue weighted by molar-refractivity contribution is -0.117. The Kier molecular flexibility index (Phi) is 7.01. The molecule has 13 heteroatoms. The smallest absolute Gasteiger partial charge is 0.283 e. The third kappa shape index (κ3) is 5.11. The van der Waals surface area contributed by atoms with Crippen molar-refractivity contribution in [3.63, 3.8) is 0 Å². The number of anilines is 2. The Hall–Kier alpha value is -4.03. The molecule has 1 aliphatic rings. The molecule has 0 unspecified atom stereocenters. The molecule has 0 saturated carbocycles. The number of rotatable bonds is 6. The van der Waals surface area contributed by atoms with E-state index >= 15 is 0 Å². The SMILES string of the molecule is CC(=O)NS(=O)(=O)c1nc(Cl)ccc1N[C@H](C)c1cc(C)cc2c(=O)n(C)c(N3Cc4ccc(F)cc4C3)nc12. The lowest BCUT2D eigenvalue weighted by Gasteiger charge is -2.23. The first-order chi connectivity index (χ1) is 18.8. The maximum Gasteiger partial charge on any atom is 0.283 e. The Labute approximate surface area is 234 Å². The summed E-state index contributed by atoms with van der Waals surface area (Å²) >= 11 is 5.98. The fourth-order valence-corrected chi connectivity index (χ4v) is 6.25. The van der Waals surface area contributed by atoms with Crippen molar-refractivity contribution in [3.8, 4) is 0 Å². The van der Waals surface area contributed by atoms with Gasteiger partial charge in [0.1, 0.15) is 11.0 Å². The zero-order chi connectivity index (χ0) is 28.9. The van der Waals surface area contributed by atoms with Crippen molar-refractivity contribution < 1.29 is 17.6 Å². The van der Waals surface area contributed by atoms with Gasteiger partial charge in [0, 0.05) is 32.6 Å². The topological polar surface area (TPSA) is 126 Å². The number of carbonyl (C=O) groups excluding carboxylic acids is 1. The molecule has 1 aliphatic heterocycles. The van der Waals surface area contributed by atoms with Gasteiger partial charge in [-0.05, 0) is 60.9 Å². The van der Waals surface area contributed by atoms with Gasteiger partial charge in [-0.2, -0.15) is 8.42 Å². The first-order valence-corrected chi connectivity index (χ1v) is 14.2. The van der Waals surface area contributed by atoms with Crippen LogP contribution in [0.5, 0.6) is 0 Å². The number of nitrogens with zero attached hydrogens (tertiary/aromatic N) is 4. The normalized spacial score (nSPS) is 13.8. The summed E-state index contributed by atoms with van der Waals surface area (Å²) in [5.41, 5.74) is 3.55. The first-order valence-electron chi connectivity index (χ1n) is 12.3. The summed E-state index contributed by atoms with van der Waals surface area (Å²) in [5.74, 6) is -0.673. The van der Waals surface area contributed by atoms with Crippen molar-refractivity contribution in [1.82, 2.24) is 19.3 Å². The molecule has 40 heavy (non-hydrogen) atoms. The minimum Gasteiger partial charge on any atom is -0.376 e. The van der Waals surface area contributed by atoms with Gasteiger partial charge in [-0.25, -0.2) is 19.1 Å². The largest absolute Gasteiger partial charge is 0.376 e. The highest BCUT2D eigenvalue weighted by atomic mass is 35.5. The van der Waals surface area contributed by atoms with Crippen LogP contribution in [0.2, 0.25) is 5.15 Å². The van der Waals surface area contributed by atoms with Gasteiger partial charge in [-0.3, -0.25) is 14.2 Å². The van der Waals surface area contributed by atoms with Crippen LogP contribution in [0, 0.1) is 12.7 Å². The van der Waals surface area contributed by atoms with E-state index in [0.717, 1.165) is 23.6 Å². The molecule has 2 aromatic carbocycles. The van der Waals surface area contributed by atoms with Gasteiger partial charge < -0.3 is 10.2 Å². The number of carbonyl (C=O) groups is 1. The Morgan fingerprint density at radius 3 is 2.55 bits per heavy atom. The standard InChI is InChI=1S/C27H26ClFN6O4S/c1-14-9-20(15(2)30-22-7-8-23(28)31-25(22)40(38,39)33-16(3)36)24-21(10-14)26(37)34(4)27(32-24)35-12-17-5-6-19(29)11-18(17)13-35/h5-11,15,30H,12-13H2,1-4H3,(H,33,36)/t15-/m1/s1. The number of benzene rings is 2. The molecule has 1 amide bonds. The molecular weight excluding hydrogens is 559 g/mol. The number of aromatic nitrogens is 3. The number of aryl methyl sites for hydroxylation is 1. The third-order valence-electron chi connectivity index (χ3n) is 6.70. The Morgan fingerprint density at radius 1 is 1.10 bits per heavy atom. The van der Waals surface area contributed by atoms with Gasteiger partial charge in [0.2, 0.25) is 16.9 Å². The predicted molar refractivity (Wildman–Crippen MR) is 150 cm³/mol. The highest BCUT2D eigenvalue weighted by Gasteiger charge is 2.27. The second kappa shape index (κ2) is 10.2. The molecule has 2 N–H and O–H groups in total. The van der Waals surface area contributed by atoms with Crippen molar-refractivity contribution in [2.45, 2.75) is 44.9 Å². The summed E-state index contributed by atoms with van der Waals surface area (Å²) in [6.45, 7) is 5.60. The molecule has 10 nitrogen and oxygen atoms in total. The first kappa shape index (κ1) is 27.5. The highest BCUT2D eigenvalue weighted by Crippen LogP contribution is 2.32. The van der Waals surface area contributed by atoms with Crippen LogP contribution in [0.4, 0.5) is 16.0 Å². The summed E-state index contributed by atoms with van der Waals surface area (Å²) in [5, 5.41) is 3.04. The van der Waals surface area contributed by atoms with Gasteiger partial charge in [0.15, 0.2) is 0 Å². The molecule has 0 fully saturated rings. The molecule has 0 bridgehead atoms. The predicted octanol–water partition coefficient (Wildman–Crippen LogP) is 3.95. The van der Waals surface area contributed by atoms with Gasteiger partial charge in [0.25, 0.3) is 15.6 Å². The number of hydrogen-bond donors (Lipinski definition) is 2. The van der Waals surface area contributed by atoms with Crippen LogP contribution in [-0.2, 0) is 35.0 Å². The van der Waals surface area contributed by atoms with Crippen LogP contribution < -0.4 is 20.5 Å². The summed E-state index contributed by atoms with van der Waals surface area (Å²) in [6, 6.07) is 10.6. The molecule has 0 aliphatic carbocycles. The molecule has 0 spiro atoms. The summed E-state index contributed by atoms with van der Waals surface area (Å²) < 4.78 is 42.8. The minimum atomic E-state index is -4.31. The Bertz CT molecular complexity index is 1860. The molecule has 5 rings (SSSR count). The zero-order valence-corrected chi connectivity index (χ0v) is 23.7. The monoisotopic (exact) mass is 584 g/mol. The van der Waals surface area contributed by atoms with E-state index in [2.05, 4.69) is 10.3 Å². The van der Waals surface area contributed by atoms with E-state index in [1.165, 1.54) is 28.8 Å². The second-order valence-corrected chi connectivity index (χ2v) is 11.8. The quantitative estimate of drug-likeness (QED) is 0.326. The number of fused-ring (bicyclic) bond motifs is 2. The maximum absolute atomic E-state index is 13.8. The van der Waals surface area contributed by atoms with Crippen molar-refractivity contribution in [2.75, 3.05) is 10.2 Å². The van der Waals surface area contributed by atoms with Crippen LogP contribution in [-0.4, -0.2) is 28.9 Å². The van der Waals surface area contributed by atoms with E-state index in [1.807, 2.05) is 22.6 Å². The van der Waals surface area contributed by atoms with Gasteiger partial charge in [-0.15, -0.1) is 0 Å². The summed E-state index contributed by atoms with van der Waals surface area (Å²) in [4.78, 5) is 35.8.